The van der Waals surface area contributed by atoms with Crippen LogP contribution in [-0.4, -0.2) is 30.1 Å². The predicted octanol–water partition coefficient (Wildman–Crippen LogP) is 2.93. The number of rotatable bonds is 3. The molecule has 1 aliphatic rings. The summed E-state index contributed by atoms with van der Waals surface area (Å²) in [5.74, 6) is 0. The zero-order valence-corrected chi connectivity index (χ0v) is 13.2. The minimum atomic E-state index is -0.321. The second-order valence-corrected chi connectivity index (χ2v) is 5.78. The average Bonchev–Trinajstić information content (AvgIpc) is 2.47. The highest BCUT2D eigenvalue weighted by atomic mass is 16.6. The molecule has 120 valence electrons. The standard InChI is InChI=1S/C11H12N2O2.C5H10O2/c14-13(15)11-4-2-1-3-10(11)9-5-7-12-8-6-9;1-5(2,3)7-4-6/h1-5,12H,6-8H2;4H,1-3H3. The van der Waals surface area contributed by atoms with Crippen LogP contribution in [0.5, 0.6) is 0 Å². The maximum atomic E-state index is 10.8. The quantitative estimate of drug-likeness (QED) is 0.527. The van der Waals surface area contributed by atoms with Crippen LogP contribution in [0.4, 0.5) is 5.69 Å². The third kappa shape index (κ3) is 6.05. The van der Waals surface area contributed by atoms with Gasteiger partial charge in [-0.05, 0) is 45.4 Å². The zero-order valence-electron chi connectivity index (χ0n) is 13.2. The van der Waals surface area contributed by atoms with Crippen LogP contribution >= 0.6 is 0 Å². The first-order chi connectivity index (χ1) is 10.3. The van der Waals surface area contributed by atoms with E-state index in [1.807, 2.05) is 39.0 Å². The monoisotopic (exact) mass is 306 g/mol. The van der Waals surface area contributed by atoms with Crippen molar-refractivity contribution in [2.75, 3.05) is 13.1 Å². The van der Waals surface area contributed by atoms with Crippen molar-refractivity contribution in [2.24, 2.45) is 0 Å². The summed E-state index contributed by atoms with van der Waals surface area (Å²) in [5, 5.41) is 14.0. The lowest BCUT2D eigenvalue weighted by Gasteiger charge is -2.14. The van der Waals surface area contributed by atoms with E-state index in [1.54, 1.807) is 12.1 Å². The number of ether oxygens (including phenoxy) is 1. The summed E-state index contributed by atoms with van der Waals surface area (Å²) in [5.41, 5.74) is 1.71. The van der Waals surface area contributed by atoms with E-state index in [9.17, 15) is 14.9 Å². The van der Waals surface area contributed by atoms with Crippen LogP contribution in [0.3, 0.4) is 0 Å². The molecule has 1 aliphatic heterocycles. The van der Waals surface area contributed by atoms with Gasteiger partial charge in [-0.25, -0.2) is 0 Å². The predicted molar refractivity (Wildman–Crippen MR) is 85.5 cm³/mol. The largest absolute Gasteiger partial charge is 0.462 e. The number of nitrogens with one attached hydrogen (secondary N) is 1. The van der Waals surface area contributed by atoms with Crippen molar-refractivity contribution in [3.8, 4) is 0 Å². The molecule has 0 aromatic heterocycles. The molecule has 1 aromatic carbocycles. The van der Waals surface area contributed by atoms with E-state index in [1.165, 1.54) is 0 Å². The Morgan fingerprint density at radius 1 is 1.32 bits per heavy atom. The summed E-state index contributed by atoms with van der Waals surface area (Å²) in [7, 11) is 0. The van der Waals surface area contributed by atoms with Crippen LogP contribution in [0.15, 0.2) is 30.3 Å². The van der Waals surface area contributed by atoms with Gasteiger partial charge in [0.25, 0.3) is 12.2 Å². The Bertz CT molecular complexity index is 547. The summed E-state index contributed by atoms with van der Waals surface area (Å²) >= 11 is 0. The van der Waals surface area contributed by atoms with Gasteiger partial charge in [0, 0.05) is 12.6 Å². The van der Waals surface area contributed by atoms with Gasteiger partial charge in [0.2, 0.25) is 0 Å². The topological polar surface area (TPSA) is 81.5 Å². The van der Waals surface area contributed by atoms with Crippen LogP contribution in [0.1, 0.15) is 32.8 Å². The first kappa shape index (κ1) is 17.8. The Labute approximate surface area is 130 Å². The van der Waals surface area contributed by atoms with E-state index in [2.05, 4.69) is 10.1 Å². The molecule has 6 heteroatoms. The molecule has 1 aromatic rings. The van der Waals surface area contributed by atoms with Crippen molar-refractivity contribution < 1.29 is 14.5 Å². The summed E-state index contributed by atoms with van der Waals surface area (Å²) in [6.45, 7) is 7.60. The van der Waals surface area contributed by atoms with Gasteiger partial charge in [-0.15, -0.1) is 0 Å². The van der Waals surface area contributed by atoms with E-state index in [0.29, 0.717) is 6.47 Å². The maximum absolute atomic E-state index is 10.8. The van der Waals surface area contributed by atoms with Gasteiger partial charge in [-0.3, -0.25) is 14.9 Å². The lowest BCUT2D eigenvalue weighted by molar-refractivity contribution is -0.385. The SMILES string of the molecule is CC(C)(C)OC=O.O=[N+]([O-])c1ccccc1C1=CCNCC1. The fourth-order valence-electron chi connectivity index (χ4n) is 1.92. The fraction of sp³-hybridized carbons (Fsp3) is 0.438. The van der Waals surface area contributed by atoms with Crippen LogP contribution in [-0.2, 0) is 9.53 Å². The average molecular weight is 306 g/mol. The van der Waals surface area contributed by atoms with Crippen LogP contribution < -0.4 is 5.32 Å². The Balaban J connectivity index is 0.000000295. The van der Waals surface area contributed by atoms with Gasteiger partial charge >= 0.3 is 0 Å². The fourth-order valence-corrected chi connectivity index (χ4v) is 1.92. The normalized spacial score (nSPS) is 14.2. The van der Waals surface area contributed by atoms with E-state index in [0.717, 1.165) is 30.6 Å². The highest BCUT2D eigenvalue weighted by molar-refractivity contribution is 5.73. The molecule has 1 N–H and O–H groups in total. The minimum Gasteiger partial charge on any atom is -0.462 e. The number of hydrogen-bond donors (Lipinski definition) is 1. The summed E-state index contributed by atoms with van der Waals surface area (Å²) in [6, 6.07) is 6.90. The number of hydrogen-bond acceptors (Lipinski definition) is 5. The van der Waals surface area contributed by atoms with Crippen molar-refractivity contribution in [1.82, 2.24) is 5.32 Å². The van der Waals surface area contributed by atoms with Gasteiger partial charge in [0.15, 0.2) is 0 Å². The Hall–Kier alpha value is -2.21. The smallest absolute Gasteiger partial charge is 0.293 e. The van der Waals surface area contributed by atoms with Crippen molar-refractivity contribution in [3.63, 3.8) is 0 Å². The van der Waals surface area contributed by atoms with E-state index < -0.39 is 0 Å². The molecule has 0 saturated carbocycles. The van der Waals surface area contributed by atoms with Gasteiger partial charge < -0.3 is 10.1 Å². The number of carbonyl (C=O) groups excluding carboxylic acids is 1. The van der Waals surface area contributed by atoms with Gasteiger partial charge in [-0.2, -0.15) is 0 Å². The molecule has 22 heavy (non-hydrogen) atoms. The van der Waals surface area contributed by atoms with Crippen molar-refractivity contribution >= 4 is 17.7 Å². The molecular weight excluding hydrogens is 284 g/mol. The summed E-state index contributed by atoms with van der Waals surface area (Å²) in [6.07, 6.45) is 2.87. The molecule has 0 spiro atoms. The molecule has 0 bridgehead atoms. The molecule has 0 aliphatic carbocycles. The lowest BCUT2D eigenvalue weighted by Crippen LogP contribution is -2.20. The number of nitro benzene ring substituents is 1. The Kier molecular flexibility index (Phi) is 6.72. The van der Waals surface area contributed by atoms with Gasteiger partial charge in [0.05, 0.1) is 10.5 Å². The number of carbonyl (C=O) groups is 1. The Morgan fingerprint density at radius 2 is 2.00 bits per heavy atom. The molecule has 0 atom stereocenters. The molecule has 2 rings (SSSR count). The van der Waals surface area contributed by atoms with Crippen molar-refractivity contribution in [3.05, 3.63) is 46.0 Å². The molecule has 0 saturated heterocycles. The molecule has 1 heterocycles. The second kappa shape index (κ2) is 8.29. The summed E-state index contributed by atoms with van der Waals surface area (Å²) in [4.78, 5) is 20.1. The molecule has 0 amide bonds. The van der Waals surface area contributed by atoms with Crippen LogP contribution in [0.2, 0.25) is 0 Å². The lowest BCUT2D eigenvalue weighted by atomic mass is 9.99. The van der Waals surface area contributed by atoms with Crippen molar-refractivity contribution in [2.45, 2.75) is 32.8 Å². The second-order valence-electron chi connectivity index (χ2n) is 5.78. The van der Waals surface area contributed by atoms with Crippen LogP contribution in [0, 0.1) is 10.1 Å². The minimum absolute atomic E-state index is 0.200. The molecular formula is C16H22N2O4. The Morgan fingerprint density at radius 3 is 2.45 bits per heavy atom. The highest BCUT2D eigenvalue weighted by Gasteiger charge is 2.16. The van der Waals surface area contributed by atoms with E-state index in [-0.39, 0.29) is 16.2 Å². The van der Waals surface area contributed by atoms with E-state index in [4.69, 9.17) is 0 Å². The number of para-hydroxylation sites is 1. The van der Waals surface area contributed by atoms with Gasteiger partial charge in [0.1, 0.15) is 5.60 Å². The van der Waals surface area contributed by atoms with Crippen LogP contribution in [0.25, 0.3) is 5.57 Å². The number of nitrogens with zero attached hydrogens (tertiary/aromatic N) is 1. The first-order valence-corrected chi connectivity index (χ1v) is 7.10. The highest BCUT2D eigenvalue weighted by Crippen LogP contribution is 2.28. The third-order valence-corrected chi connectivity index (χ3v) is 2.91. The van der Waals surface area contributed by atoms with E-state index >= 15 is 0 Å². The maximum Gasteiger partial charge on any atom is 0.293 e. The van der Waals surface area contributed by atoms with Gasteiger partial charge in [-0.1, -0.05) is 18.2 Å². The molecule has 6 nitrogen and oxygen atoms in total. The number of nitro groups is 1. The third-order valence-electron chi connectivity index (χ3n) is 2.91. The molecule has 0 fully saturated rings. The van der Waals surface area contributed by atoms with Crippen molar-refractivity contribution in [1.29, 1.82) is 0 Å². The molecule has 0 radical (unpaired) electrons. The summed E-state index contributed by atoms with van der Waals surface area (Å²) < 4.78 is 4.55. The zero-order chi connectivity index (χ0) is 16.6. The first-order valence-electron chi connectivity index (χ1n) is 7.10. The molecule has 0 unspecified atom stereocenters. The number of benzene rings is 1.